The molecule has 0 heterocycles. The third-order valence-corrected chi connectivity index (χ3v) is 4.71. The quantitative estimate of drug-likeness (QED) is 0.364. The summed E-state index contributed by atoms with van der Waals surface area (Å²) in [6.07, 6.45) is 0. The maximum atomic E-state index is 12.3. The number of hydrogen-bond donors (Lipinski definition) is 3. The van der Waals surface area contributed by atoms with E-state index in [0.717, 1.165) is 11.3 Å². The summed E-state index contributed by atoms with van der Waals surface area (Å²) in [6.45, 7) is 4.12. The lowest BCUT2D eigenvalue weighted by Crippen LogP contribution is -2.23. The van der Waals surface area contributed by atoms with Crippen molar-refractivity contribution in [2.24, 2.45) is 0 Å². The van der Waals surface area contributed by atoms with Crippen molar-refractivity contribution in [3.63, 3.8) is 0 Å². The van der Waals surface area contributed by atoms with Gasteiger partial charge in [0.2, 0.25) is 5.91 Å². The van der Waals surface area contributed by atoms with Crippen molar-refractivity contribution in [1.82, 2.24) is 5.32 Å². The lowest BCUT2D eigenvalue weighted by atomic mass is 10.1. The topological polar surface area (TPSA) is 88.7 Å². The zero-order chi connectivity index (χ0) is 23.3. The molecule has 2 amide bonds. The molecule has 0 radical (unpaired) electrons. The SMILES string of the molecule is CCOCCOc1cccc(NC(=O)CNc2ccc(C(=O)NCc3ccccc3)cc2)c1. The average Bonchev–Trinajstić information content (AvgIpc) is 2.85. The Labute approximate surface area is 194 Å². The van der Waals surface area contributed by atoms with Gasteiger partial charge >= 0.3 is 0 Å². The van der Waals surface area contributed by atoms with E-state index in [0.29, 0.717) is 43.4 Å². The summed E-state index contributed by atoms with van der Waals surface area (Å²) in [6, 6.07) is 24.0. The molecule has 3 aromatic carbocycles. The molecule has 0 aromatic heterocycles. The van der Waals surface area contributed by atoms with Crippen LogP contribution in [-0.4, -0.2) is 38.2 Å². The number of nitrogens with one attached hydrogen (secondary N) is 3. The van der Waals surface area contributed by atoms with E-state index in [1.165, 1.54) is 0 Å². The van der Waals surface area contributed by atoms with Gasteiger partial charge in [-0.2, -0.15) is 0 Å². The highest BCUT2D eigenvalue weighted by molar-refractivity contribution is 5.95. The number of benzene rings is 3. The van der Waals surface area contributed by atoms with Gasteiger partial charge in [-0.05, 0) is 48.9 Å². The molecule has 0 unspecified atom stereocenters. The summed E-state index contributed by atoms with van der Waals surface area (Å²) >= 11 is 0. The third kappa shape index (κ3) is 8.31. The fourth-order valence-corrected chi connectivity index (χ4v) is 3.03. The smallest absolute Gasteiger partial charge is 0.251 e. The van der Waals surface area contributed by atoms with E-state index in [1.54, 1.807) is 36.4 Å². The average molecular weight is 448 g/mol. The molecule has 0 fully saturated rings. The van der Waals surface area contributed by atoms with Crippen LogP contribution in [-0.2, 0) is 16.1 Å². The van der Waals surface area contributed by atoms with Crippen LogP contribution in [0.5, 0.6) is 5.75 Å². The number of amides is 2. The molecule has 0 aliphatic heterocycles. The van der Waals surface area contributed by atoms with Crippen LogP contribution in [0.1, 0.15) is 22.8 Å². The van der Waals surface area contributed by atoms with Crippen LogP contribution in [0.25, 0.3) is 0 Å². The minimum absolute atomic E-state index is 0.0922. The molecule has 7 heteroatoms. The van der Waals surface area contributed by atoms with E-state index < -0.39 is 0 Å². The maximum Gasteiger partial charge on any atom is 0.251 e. The molecule has 0 saturated carbocycles. The molecule has 0 saturated heterocycles. The number of hydrogen-bond acceptors (Lipinski definition) is 5. The van der Waals surface area contributed by atoms with Gasteiger partial charge in [-0.15, -0.1) is 0 Å². The predicted octanol–water partition coefficient (Wildman–Crippen LogP) is 4.08. The van der Waals surface area contributed by atoms with E-state index in [2.05, 4.69) is 16.0 Å². The van der Waals surface area contributed by atoms with Crippen LogP contribution < -0.4 is 20.7 Å². The summed E-state index contributed by atoms with van der Waals surface area (Å²) in [5.74, 6) is 0.333. The zero-order valence-corrected chi connectivity index (χ0v) is 18.7. The van der Waals surface area contributed by atoms with Gasteiger partial charge in [0.25, 0.3) is 5.91 Å². The standard InChI is InChI=1S/C26H29N3O4/c1-2-32-15-16-33-24-10-6-9-23(17-24)29-25(30)19-27-22-13-11-21(12-14-22)26(31)28-18-20-7-4-3-5-8-20/h3-14,17,27H,2,15-16,18-19H2,1H3,(H,28,31)(H,29,30). The third-order valence-electron chi connectivity index (χ3n) is 4.71. The van der Waals surface area contributed by atoms with Crippen LogP contribution in [0.3, 0.4) is 0 Å². The molecule has 0 spiro atoms. The van der Waals surface area contributed by atoms with E-state index in [-0.39, 0.29) is 18.4 Å². The fraction of sp³-hybridized carbons (Fsp3) is 0.231. The number of ether oxygens (including phenoxy) is 2. The van der Waals surface area contributed by atoms with Crippen molar-refractivity contribution in [2.75, 3.05) is 37.0 Å². The molecular weight excluding hydrogens is 418 g/mol. The van der Waals surface area contributed by atoms with Crippen LogP contribution >= 0.6 is 0 Å². The van der Waals surface area contributed by atoms with E-state index >= 15 is 0 Å². The number of anilines is 2. The van der Waals surface area contributed by atoms with E-state index in [1.807, 2.05) is 49.4 Å². The molecule has 33 heavy (non-hydrogen) atoms. The highest BCUT2D eigenvalue weighted by atomic mass is 16.5. The van der Waals surface area contributed by atoms with Crippen LogP contribution in [0.15, 0.2) is 78.9 Å². The van der Waals surface area contributed by atoms with Gasteiger partial charge in [0, 0.05) is 36.2 Å². The van der Waals surface area contributed by atoms with Gasteiger partial charge in [-0.3, -0.25) is 9.59 Å². The number of carbonyl (C=O) groups excluding carboxylic acids is 2. The van der Waals surface area contributed by atoms with Crippen molar-refractivity contribution < 1.29 is 19.1 Å². The molecule has 0 atom stereocenters. The first-order valence-electron chi connectivity index (χ1n) is 10.9. The number of rotatable bonds is 12. The summed E-state index contributed by atoms with van der Waals surface area (Å²) < 4.78 is 10.9. The van der Waals surface area contributed by atoms with Crippen molar-refractivity contribution in [3.05, 3.63) is 90.0 Å². The second-order valence-corrected chi connectivity index (χ2v) is 7.22. The monoisotopic (exact) mass is 447 g/mol. The maximum absolute atomic E-state index is 12.3. The molecular formula is C26H29N3O4. The Bertz CT molecular complexity index is 1020. The first-order chi connectivity index (χ1) is 16.1. The first kappa shape index (κ1) is 23.8. The summed E-state index contributed by atoms with van der Waals surface area (Å²) in [4.78, 5) is 24.6. The Morgan fingerprint density at radius 2 is 1.64 bits per heavy atom. The van der Waals surface area contributed by atoms with E-state index in [9.17, 15) is 9.59 Å². The number of carbonyl (C=O) groups is 2. The van der Waals surface area contributed by atoms with Crippen molar-refractivity contribution in [2.45, 2.75) is 13.5 Å². The molecule has 3 rings (SSSR count). The molecule has 3 aromatic rings. The Kier molecular flexibility index (Phi) is 9.29. The van der Waals surface area contributed by atoms with Gasteiger partial charge in [0.05, 0.1) is 13.2 Å². The minimum atomic E-state index is -0.189. The molecule has 172 valence electrons. The van der Waals surface area contributed by atoms with Gasteiger partial charge in [0.1, 0.15) is 12.4 Å². The lowest BCUT2D eigenvalue weighted by Gasteiger charge is -2.11. The summed E-state index contributed by atoms with van der Waals surface area (Å²) in [5, 5.41) is 8.79. The molecule has 0 bridgehead atoms. The van der Waals surface area contributed by atoms with E-state index in [4.69, 9.17) is 9.47 Å². The van der Waals surface area contributed by atoms with Gasteiger partial charge in [0.15, 0.2) is 0 Å². The highest BCUT2D eigenvalue weighted by Crippen LogP contribution is 2.17. The van der Waals surface area contributed by atoms with Gasteiger partial charge in [-0.25, -0.2) is 0 Å². The Hall–Kier alpha value is -3.84. The molecule has 7 nitrogen and oxygen atoms in total. The Morgan fingerprint density at radius 1 is 0.848 bits per heavy atom. The van der Waals surface area contributed by atoms with Crippen molar-refractivity contribution in [1.29, 1.82) is 0 Å². The zero-order valence-electron chi connectivity index (χ0n) is 18.7. The van der Waals surface area contributed by atoms with Crippen LogP contribution in [0.2, 0.25) is 0 Å². The second-order valence-electron chi connectivity index (χ2n) is 7.22. The van der Waals surface area contributed by atoms with Crippen molar-refractivity contribution >= 4 is 23.2 Å². The molecule has 0 aliphatic rings. The summed E-state index contributed by atoms with van der Waals surface area (Å²) in [7, 11) is 0. The molecule has 3 N–H and O–H groups in total. The Morgan fingerprint density at radius 3 is 2.39 bits per heavy atom. The molecule has 0 aliphatic carbocycles. The highest BCUT2D eigenvalue weighted by Gasteiger charge is 2.07. The fourth-order valence-electron chi connectivity index (χ4n) is 3.03. The summed E-state index contributed by atoms with van der Waals surface area (Å²) in [5.41, 5.74) is 3.00. The van der Waals surface area contributed by atoms with Crippen molar-refractivity contribution in [3.8, 4) is 5.75 Å². The van der Waals surface area contributed by atoms with Gasteiger partial charge in [-0.1, -0.05) is 36.4 Å². The Balaban J connectivity index is 1.42. The lowest BCUT2D eigenvalue weighted by molar-refractivity contribution is -0.114. The first-order valence-corrected chi connectivity index (χ1v) is 10.9. The largest absolute Gasteiger partial charge is 0.491 e. The predicted molar refractivity (Wildman–Crippen MR) is 130 cm³/mol. The van der Waals surface area contributed by atoms with Gasteiger partial charge < -0.3 is 25.4 Å². The second kappa shape index (κ2) is 12.9. The normalized spacial score (nSPS) is 10.3. The van der Waals surface area contributed by atoms with Crippen LogP contribution in [0.4, 0.5) is 11.4 Å². The minimum Gasteiger partial charge on any atom is -0.491 e. The van der Waals surface area contributed by atoms with Crippen LogP contribution in [0, 0.1) is 0 Å².